The van der Waals surface area contributed by atoms with Crippen LogP contribution in [0.3, 0.4) is 0 Å². The van der Waals surface area contributed by atoms with Crippen molar-refractivity contribution in [2.45, 2.75) is 36.8 Å². The summed E-state index contributed by atoms with van der Waals surface area (Å²) in [5, 5.41) is 0. The Morgan fingerprint density at radius 1 is 0.500 bits per heavy atom. The van der Waals surface area contributed by atoms with Crippen LogP contribution in [0.1, 0.15) is 48.2 Å². The smallest absolute Gasteiger partial charge is 0.159 e. The topological polar surface area (TPSA) is 23.6 Å². The number of carbonyl (C=O) groups is 1. The van der Waals surface area contributed by atoms with Gasteiger partial charge in [-0.25, -0.2) is 0 Å². The number of rotatable bonds is 6. The molecule has 2 aliphatic heterocycles. The number of carbonyl (C=O) groups excluding carboxylic acids is 1. The fourth-order valence-corrected chi connectivity index (χ4v) is 6.92. The Labute approximate surface area is 226 Å². The van der Waals surface area contributed by atoms with Gasteiger partial charge < -0.3 is 0 Å². The van der Waals surface area contributed by atoms with E-state index in [4.69, 9.17) is 0 Å². The minimum absolute atomic E-state index is 0.202. The third-order valence-electron chi connectivity index (χ3n) is 9.07. The van der Waals surface area contributed by atoms with Crippen LogP contribution < -0.4 is 0 Å². The van der Waals surface area contributed by atoms with Gasteiger partial charge in [0.2, 0.25) is 0 Å². The van der Waals surface area contributed by atoms with Crippen LogP contribution in [0.15, 0.2) is 121 Å². The van der Waals surface area contributed by atoms with Crippen molar-refractivity contribution in [1.82, 2.24) is 9.80 Å². The quantitative estimate of drug-likeness (QED) is 0.299. The van der Waals surface area contributed by atoms with Crippen molar-refractivity contribution in [2.24, 2.45) is 0 Å². The molecule has 4 aromatic rings. The van der Waals surface area contributed by atoms with Gasteiger partial charge in [0, 0.05) is 38.3 Å². The van der Waals surface area contributed by atoms with Crippen LogP contribution in [-0.2, 0) is 15.6 Å². The first kappa shape index (κ1) is 24.8. The van der Waals surface area contributed by atoms with Crippen molar-refractivity contribution >= 4 is 5.78 Å². The number of ketones is 1. The second kappa shape index (κ2) is 9.98. The molecule has 2 heterocycles. The Bertz CT molecular complexity index is 1250. The zero-order valence-corrected chi connectivity index (χ0v) is 22.3. The van der Waals surface area contributed by atoms with Crippen LogP contribution in [0.4, 0.5) is 0 Å². The van der Waals surface area contributed by atoms with E-state index in [1.165, 1.54) is 11.1 Å². The zero-order valence-electron chi connectivity index (χ0n) is 22.3. The fourth-order valence-electron chi connectivity index (χ4n) is 6.92. The highest BCUT2D eigenvalue weighted by atomic mass is 16.1. The minimum Gasteiger partial charge on any atom is -0.297 e. The molecule has 2 bridgehead atoms. The Hall–Kier alpha value is -3.53. The van der Waals surface area contributed by atoms with Gasteiger partial charge in [-0.2, -0.15) is 0 Å². The van der Waals surface area contributed by atoms with Gasteiger partial charge >= 0.3 is 0 Å². The first-order valence-electron chi connectivity index (χ1n) is 13.8. The molecule has 0 aliphatic carbocycles. The lowest BCUT2D eigenvalue weighted by Crippen LogP contribution is -2.73. The number of fused-ring (bicyclic) bond motifs is 2. The molecule has 38 heavy (non-hydrogen) atoms. The van der Waals surface area contributed by atoms with E-state index >= 15 is 4.79 Å². The normalized spacial score (nSPS) is 25.6. The predicted molar refractivity (Wildman–Crippen MR) is 154 cm³/mol. The van der Waals surface area contributed by atoms with Crippen molar-refractivity contribution in [2.75, 3.05) is 26.2 Å². The van der Waals surface area contributed by atoms with Gasteiger partial charge in [-0.05, 0) is 36.1 Å². The molecule has 2 aliphatic rings. The Morgan fingerprint density at radius 3 is 1.11 bits per heavy atom. The van der Waals surface area contributed by atoms with Crippen LogP contribution in [0, 0.1) is 0 Å². The summed E-state index contributed by atoms with van der Waals surface area (Å²) >= 11 is 0. The lowest BCUT2D eigenvalue weighted by atomic mass is 9.57. The number of likely N-dealkylation sites (tertiary alicyclic amines) is 2. The van der Waals surface area contributed by atoms with Crippen molar-refractivity contribution < 1.29 is 4.79 Å². The molecule has 192 valence electrons. The maximum Gasteiger partial charge on any atom is 0.159 e. The third kappa shape index (κ3) is 4.11. The maximum absolute atomic E-state index is 15.0. The maximum atomic E-state index is 15.0. The van der Waals surface area contributed by atoms with Gasteiger partial charge in [-0.3, -0.25) is 14.6 Å². The van der Waals surface area contributed by atoms with E-state index in [0.717, 1.165) is 11.1 Å². The number of piperidine rings is 2. The first-order chi connectivity index (χ1) is 18.5. The number of benzene rings is 4. The second-order valence-electron chi connectivity index (χ2n) is 11.2. The van der Waals surface area contributed by atoms with Crippen molar-refractivity contribution in [3.63, 3.8) is 0 Å². The van der Waals surface area contributed by atoms with E-state index in [2.05, 4.69) is 145 Å². The van der Waals surface area contributed by atoms with Gasteiger partial charge in [-0.1, -0.05) is 121 Å². The third-order valence-corrected chi connectivity index (χ3v) is 9.07. The molecule has 0 aromatic heterocycles. The summed E-state index contributed by atoms with van der Waals surface area (Å²) in [5.74, 6) is 0.371. The van der Waals surface area contributed by atoms with Crippen LogP contribution in [0.5, 0.6) is 0 Å². The van der Waals surface area contributed by atoms with Gasteiger partial charge in [0.05, 0.1) is 10.8 Å². The van der Waals surface area contributed by atoms with E-state index in [0.29, 0.717) is 32.0 Å². The van der Waals surface area contributed by atoms with Crippen molar-refractivity contribution in [1.29, 1.82) is 0 Å². The number of nitrogens with zero attached hydrogens (tertiary/aromatic N) is 2. The largest absolute Gasteiger partial charge is 0.297 e. The summed E-state index contributed by atoms with van der Waals surface area (Å²) < 4.78 is 0. The van der Waals surface area contributed by atoms with E-state index < -0.39 is 10.8 Å². The van der Waals surface area contributed by atoms with Gasteiger partial charge in [-0.15, -0.1) is 0 Å². The molecule has 0 amide bonds. The molecule has 0 spiro atoms. The van der Waals surface area contributed by atoms with Crippen LogP contribution in [-0.4, -0.2) is 41.8 Å². The lowest BCUT2D eigenvalue weighted by Gasteiger charge is -2.59. The highest BCUT2D eigenvalue weighted by Crippen LogP contribution is 2.49. The Balaban J connectivity index is 1.52. The Morgan fingerprint density at radius 2 is 0.789 bits per heavy atom. The molecule has 0 saturated carbocycles. The molecule has 2 fully saturated rings. The SMILES string of the molecule is C[C@H](c1ccccc1)N1CC2(c3ccccc3)CN([C@@H](C)c3ccccc3)CC(c3ccccc3)(C1)C2=O. The second-order valence-corrected chi connectivity index (χ2v) is 11.2. The Kier molecular flexibility index (Phi) is 6.51. The highest BCUT2D eigenvalue weighted by molar-refractivity contribution is 6.01. The summed E-state index contributed by atoms with van der Waals surface area (Å²) in [4.78, 5) is 20.1. The standard InChI is InChI=1S/C35H36N2O/c1-27(29-15-7-3-8-16-29)36-23-34(31-19-11-5-12-20-31)25-37(28(2)30-17-9-4-10-18-30)26-35(24-36,33(34)38)32-21-13-6-14-22-32/h3-22,27-28H,23-26H2,1-2H3/t27-,28+,34?,35?. The lowest BCUT2D eigenvalue weighted by molar-refractivity contribution is -0.147. The molecular formula is C35H36N2O. The molecule has 3 heteroatoms. The number of hydrogen-bond donors (Lipinski definition) is 0. The summed E-state index contributed by atoms with van der Waals surface area (Å²) in [6.07, 6.45) is 0. The van der Waals surface area contributed by atoms with E-state index in [1.54, 1.807) is 0 Å². The van der Waals surface area contributed by atoms with Gasteiger partial charge in [0.15, 0.2) is 5.78 Å². The molecular weight excluding hydrogens is 464 g/mol. The predicted octanol–water partition coefficient (Wildman–Crippen LogP) is 6.59. The number of Topliss-reactive ketones (excluding diaryl/α,β-unsaturated/α-hetero) is 1. The molecule has 4 atom stereocenters. The highest BCUT2D eigenvalue weighted by Gasteiger charge is 2.62. The van der Waals surface area contributed by atoms with Crippen molar-refractivity contribution in [3.8, 4) is 0 Å². The average molecular weight is 501 g/mol. The molecule has 2 unspecified atom stereocenters. The van der Waals surface area contributed by atoms with Crippen molar-refractivity contribution in [3.05, 3.63) is 144 Å². The summed E-state index contributed by atoms with van der Waals surface area (Å²) in [6.45, 7) is 7.42. The fraction of sp³-hybridized carbons (Fsp3) is 0.286. The monoisotopic (exact) mass is 500 g/mol. The van der Waals surface area contributed by atoms with Crippen LogP contribution in [0.25, 0.3) is 0 Å². The van der Waals surface area contributed by atoms with E-state index in [1.807, 2.05) is 0 Å². The molecule has 0 radical (unpaired) electrons. The summed E-state index contributed by atoms with van der Waals surface area (Å²) in [7, 11) is 0. The van der Waals surface area contributed by atoms with Crippen LogP contribution in [0.2, 0.25) is 0 Å². The molecule has 3 nitrogen and oxygen atoms in total. The van der Waals surface area contributed by atoms with Gasteiger partial charge in [0.25, 0.3) is 0 Å². The van der Waals surface area contributed by atoms with E-state index in [9.17, 15) is 0 Å². The van der Waals surface area contributed by atoms with Crippen LogP contribution >= 0.6 is 0 Å². The minimum atomic E-state index is -0.625. The first-order valence-corrected chi connectivity index (χ1v) is 13.8. The molecule has 0 N–H and O–H groups in total. The summed E-state index contributed by atoms with van der Waals surface area (Å²) in [6, 6.07) is 43.0. The molecule has 2 saturated heterocycles. The molecule has 6 rings (SSSR count). The van der Waals surface area contributed by atoms with E-state index in [-0.39, 0.29) is 12.1 Å². The molecule has 4 aromatic carbocycles. The number of hydrogen-bond acceptors (Lipinski definition) is 3. The van der Waals surface area contributed by atoms with Gasteiger partial charge in [0.1, 0.15) is 0 Å². The zero-order chi connectivity index (χ0) is 26.2. The summed E-state index contributed by atoms with van der Waals surface area (Å²) in [5.41, 5.74) is 3.58. The average Bonchev–Trinajstić information content (AvgIpc) is 2.98.